The minimum absolute atomic E-state index is 0.432. The van der Waals surface area contributed by atoms with E-state index < -0.39 is 0 Å². The molecule has 2 heteroatoms. The molecule has 0 aromatic heterocycles. The summed E-state index contributed by atoms with van der Waals surface area (Å²) in [6.07, 6.45) is 9.35. The van der Waals surface area contributed by atoms with E-state index in [2.05, 4.69) is 31.0 Å². The second-order valence-corrected chi connectivity index (χ2v) is 5.65. The normalized spacial score (nSPS) is 24.7. The lowest BCUT2D eigenvalue weighted by molar-refractivity contribution is 0.183. The largest absolute Gasteiger partial charge is 0.310 e. The molecule has 0 radical (unpaired) electrons. The highest BCUT2D eigenvalue weighted by Crippen LogP contribution is 2.24. The van der Waals surface area contributed by atoms with Crippen molar-refractivity contribution in [3.05, 3.63) is 0 Å². The van der Waals surface area contributed by atoms with Gasteiger partial charge in [-0.15, -0.1) is 0 Å². The third-order valence-electron chi connectivity index (χ3n) is 4.19. The van der Waals surface area contributed by atoms with E-state index in [4.69, 9.17) is 0 Å². The molecular weight excluding hydrogens is 208 g/mol. The summed E-state index contributed by atoms with van der Waals surface area (Å²) >= 11 is 0. The maximum absolute atomic E-state index is 3.76. The highest BCUT2D eigenvalue weighted by Gasteiger charge is 2.32. The zero-order valence-electron chi connectivity index (χ0n) is 12.2. The Labute approximate surface area is 108 Å². The van der Waals surface area contributed by atoms with Crippen molar-refractivity contribution in [1.29, 1.82) is 0 Å². The van der Waals surface area contributed by atoms with Crippen molar-refractivity contribution in [1.82, 2.24) is 10.2 Å². The lowest BCUT2D eigenvalue weighted by Crippen LogP contribution is -2.49. The summed E-state index contributed by atoms with van der Waals surface area (Å²) in [6, 6.07) is 0. The number of rotatable bonds is 9. The first kappa shape index (κ1) is 15.0. The van der Waals surface area contributed by atoms with Gasteiger partial charge in [0, 0.05) is 12.1 Å². The Hall–Kier alpha value is -0.0800. The molecule has 17 heavy (non-hydrogen) atoms. The number of hydrogen-bond donors (Lipinski definition) is 1. The van der Waals surface area contributed by atoms with E-state index in [1.165, 1.54) is 71.1 Å². The van der Waals surface area contributed by atoms with Gasteiger partial charge in [0.05, 0.1) is 0 Å². The van der Waals surface area contributed by atoms with E-state index in [1.807, 2.05) is 0 Å². The molecule has 1 aliphatic heterocycles. The van der Waals surface area contributed by atoms with Gasteiger partial charge < -0.3 is 10.2 Å². The summed E-state index contributed by atoms with van der Waals surface area (Å²) < 4.78 is 0. The number of unbranched alkanes of at least 4 members (excludes halogenated alkanes) is 2. The lowest BCUT2D eigenvalue weighted by atomic mass is 9.93. The summed E-state index contributed by atoms with van der Waals surface area (Å²) in [7, 11) is 0. The molecule has 1 heterocycles. The van der Waals surface area contributed by atoms with Gasteiger partial charge in [0.2, 0.25) is 0 Å². The monoisotopic (exact) mass is 240 g/mol. The maximum Gasteiger partial charge on any atom is 0.0306 e. The molecule has 0 aromatic carbocycles. The first-order chi connectivity index (χ1) is 8.26. The molecule has 1 atom stereocenters. The molecule has 1 saturated heterocycles. The second kappa shape index (κ2) is 8.10. The van der Waals surface area contributed by atoms with Crippen LogP contribution in [-0.2, 0) is 0 Å². The van der Waals surface area contributed by atoms with E-state index in [0.29, 0.717) is 5.54 Å². The minimum Gasteiger partial charge on any atom is -0.310 e. The van der Waals surface area contributed by atoms with Crippen LogP contribution in [-0.4, -0.2) is 36.6 Å². The molecule has 0 spiro atoms. The van der Waals surface area contributed by atoms with Gasteiger partial charge in [-0.3, -0.25) is 0 Å². The third-order valence-corrected chi connectivity index (χ3v) is 4.19. The van der Waals surface area contributed by atoms with E-state index in [1.54, 1.807) is 0 Å². The first-order valence-electron chi connectivity index (χ1n) is 7.73. The van der Waals surface area contributed by atoms with Crippen LogP contribution < -0.4 is 5.32 Å². The van der Waals surface area contributed by atoms with E-state index in [-0.39, 0.29) is 0 Å². The zero-order chi connectivity index (χ0) is 12.6. The van der Waals surface area contributed by atoms with Crippen LogP contribution in [0.1, 0.15) is 65.7 Å². The molecule has 102 valence electrons. The van der Waals surface area contributed by atoms with Crippen LogP contribution in [0.15, 0.2) is 0 Å². The van der Waals surface area contributed by atoms with Crippen molar-refractivity contribution in [2.24, 2.45) is 0 Å². The van der Waals surface area contributed by atoms with Gasteiger partial charge in [0.1, 0.15) is 0 Å². The van der Waals surface area contributed by atoms with Gasteiger partial charge in [0.15, 0.2) is 0 Å². The van der Waals surface area contributed by atoms with Crippen molar-refractivity contribution in [3.63, 3.8) is 0 Å². The Morgan fingerprint density at radius 1 is 1.06 bits per heavy atom. The molecule has 1 fully saturated rings. The molecule has 1 N–H and O–H groups in total. The summed E-state index contributed by atoms with van der Waals surface area (Å²) in [4.78, 5) is 2.70. The predicted molar refractivity (Wildman–Crippen MR) is 76.5 cm³/mol. The third kappa shape index (κ3) is 4.97. The summed E-state index contributed by atoms with van der Waals surface area (Å²) in [5, 5.41) is 3.76. The molecule has 0 aliphatic carbocycles. The first-order valence-corrected chi connectivity index (χ1v) is 7.73. The second-order valence-electron chi connectivity index (χ2n) is 5.65. The van der Waals surface area contributed by atoms with Gasteiger partial charge in [-0.2, -0.15) is 0 Å². The standard InChI is InChI=1S/C15H32N2/c1-4-7-12-17(13-8-5-2)14-15(6-3)10-9-11-16-15/h16H,4-14H2,1-3H3. The molecule has 1 unspecified atom stereocenters. The fourth-order valence-corrected chi connectivity index (χ4v) is 2.88. The fraction of sp³-hybridized carbons (Fsp3) is 1.00. The van der Waals surface area contributed by atoms with Crippen molar-refractivity contribution in [2.75, 3.05) is 26.2 Å². The van der Waals surface area contributed by atoms with Crippen LogP contribution in [0.25, 0.3) is 0 Å². The topological polar surface area (TPSA) is 15.3 Å². The van der Waals surface area contributed by atoms with Crippen LogP contribution in [0.4, 0.5) is 0 Å². The van der Waals surface area contributed by atoms with Gasteiger partial charge in [-0.05, 0) is 51.7 Å². The Morgan fingerprint density at radius 3 is 2.12 bits per heavy atom. The van der Waals surface area contributed by atoms with Gasteiger partial charge in [0.25, 0.3) is 0 Å². The minimum atomic E-state index is 0.432. The molecule has 0 amide bonds. The molecule has 2 nitrogen and oxygen atoms in total. The van der Waals surface area contributed by atoms with Crippen molar-refractivity contribution in [2.45, 2.75) is 71.3 Å². The highest BCUT2D eigenvalue weighted by molar-refractivity contribution is 4.94. The number of nitrogens with one attached hydrogen (secondary N) is 1. The molecule has 1 rings (SSSR count). The van der Waals surface area contributed by atoms with Crippen molar-refractivity contribution in [3.8, 4) is 0 Å². The van der Waals surface area contributed by atoms with Crippen LogP contribution >= 0.6 is 0 Å². The highest BCUT2D eigenvalue weighted by atomic mass is 15.2. The molecule has 0 bridgehead atoms. The summed E-state index contributed by atoms with van der Waals surface area (Å²) in [6.45, 7) is 12.0. The lowest BCUT2D eigenvalue weighted by Gasteiger charge is -2.35. The van der Waals surface area contributed by atoms with Gasteiger partial charge in [-0.25, -0.2) is 0 Å². The predicted octanol–water partition coefficient (Wildman–Crippen LogP) is 3.42. The molecule has 1 aliphatic rings. The Kier molecular flexibility index (Phi) is 7.14. The van der Waals surface area contributed by atoms with Crippen LogP contribution in [0.3, 0.4) is 0 Å². The smallest absolute Gasteiger partial charge is 0.0306 e. The van der Waals surface area contributed by atoms with E-state index in [0.717, 1.165) is 0 Å². The van der Waals surface area contributed by atoms with E-state index >= 15 is 0 Å². The van der Waals surface area contributed by atoms with E-state index in [9.17, 15) is 0 Å². The van der Waals surface area contributed by atoms with Gasteiger partial charge in [-0.1, -0.05) is 33.6 Å². The SMILES string of the molecule is CCCCN(CCCC)CC1(CC)CCCN1. The number of hydrogen-bond acceptors (Lipinski definition) is 2. The summed E-state index contributed by atoms with van der Waals surface area (Å²) in [5.74, 6) is 0. The van der Waals surface area contributed by atoms with Crippen LogP contribution in [0, 0.1) is 0 Å². The fourth-order valence-electron chi connectivity index (χ4n) is 2.88. The average molecular weight is 240 g/mol. The Balaban J connectivity index is 2.44. The average Bonchev–Trinajstić information content (AvgIpc) is 2.82. The maximum atomic E-state index is 3.76. The number of nitrogens with zero attached hydrogens (tertiary/aromatic N) is 1. The van der Waals surface area contributed by atoms with Crippen molar-refractivity contribution >= 4 is 0 Å². The summed E-state index contributed by atoms with van der Waals surface area (Å²) in [5.41, 5.74) is 0.432. The van der Waals surface area contributed by atoms with Crippen LogP contribution in [0.2, 0.25) is 0 Å². The van der Waals surface area contributed by atoms with Crippen molar-refractivity contribution < 1.29 is 0 Å². The Bertz CT molecular complexity index is 177. The van der Waals surface area contributed by atoms with Gasteiger partial charge >= 0.3 is 0 Å². The molecule has 0 aromatic rings. The zero-order valence-corrected chi connectivity index (χ0v) is 12.2. The Morgan fingerprint density at radius 2 is 1.71 bits per heavy atom. The van der Waals surface area contributed by atoms with Crippen LogP contribution in [0.5, 0.6) is 0 Å². The quantitative estimate of drug-likeness (QED) is 0.664. The molecular formula is C15H32N2. The molecule has 0 saturated carbocycles.